The zero-order valence-corrected chi connectivity index (χ0v) is 9.87. The van der Waals surface area contributed by atoms with Gasteiger partial charge in [-0.3, -0.25) is 9.59 Å². The molecule has 1 atom stereocenters. The zero-order chi connectivity index (χ0) is 12.0. The Morgan fingerprint density at radius 2 is 2.06 bits per heavy atom. The van der Waals surface area contributed by atoms with Crippen LogP contribution in [0.25, 0.3) is 0 Å². The molecule has 0 amide bonds. The van der Waals surface area contributed by atoms with Crippen molar-refractivity contribution in [3.63, 3.8) is 0 Å². The van der Waals surface area contributed by atoms with E-state index in [-0.39, 0.29) is 0 Å². The number of benzene rings is 1. The summed E-state index contributed by atoms with van der Waals surface area (Å²) in [5.41, 5.74) is 0.603. The number of hydrogen-bond acceptors (Lipinski definition) is 3. The summed E-state index contributed by atoms with van der Waals surface area (Å²) in [4.78, 5) is 22.3. The number of carboxylic acids is 1. The second-order valence-electron chi connectivity index (χ2n) is 3.42. The van der Waals surface area contributed by atoms with E-state index in [1.165, 1.54) is 11.8 Å². The Morgan fingerprint density at radius 3 is 2.50 bits per heavy atom. The lowest BCUT2D eigenvalue weighted by molar-refractivity contribution is -0.136. The number of aliphatic carboxylic acids is 1. The molecule has 1 aromatic rings. The molecule has 1 unspecified atom stereocenters. The van der Waals surface area contributed by atoms with Crippen LogP contribution in [-0.2, 0) is 4.79 Å². The summed E-state index contributed by atoms with van der Waals surface area (Å²) in [7, 11) is 0. The fourth-order valence-corrected chi connectivity index (χ4v) is 2.36. The van der Waals surface area contributed by atoms with E-state index in [0.717, 1.165) is 17.6 Å². The van der Waals surface area contributed by atoms with E-state index in [9.17, 15) is 9.59 Å². The first-order valence-corrected chi connectivity index (χ1v) is 6.00. The highest BCUT2D eigenvalue weighted by Gasteiger charge is 2.17. The minimum absolute atomic E-state index is 0.410. The molecule has 0 aliphatic heterocycles. The predicted molar refractivity (Wildman–Crippen MR) is 64.0 cm³/mol. The SMILES string of the molecule is CCCC(Sc1ccc(C=O)cc1)C(=O)O. The molecule has 0 saturated heterocycles. The van der Waals surface area contributed by atoms with E-state index in [0.29, 0.717) is 12.0 Å². The largest absolute Gasteiger partial charge is 0.480 e. The molecule has 1 N–H and O–H groups in total. The highest BCUT2D eigenvalue weighted by atomic mass is 32.2. The minimum atomic E-state index is -0.786. The molecule has 0 bridgehead atoms. The van der Waals surface area contributed by atoms with Gasteiger partial charge in [0, 0.05) is 10.5 Å². The zero-order valence-electron chi connectivity index (χ0n) is 9.05. The van der Waals surface area contributed by atoms with Crippen molar-refractivity contribution >= 4 is 24.0 Å². The molecule has 0 aromatic heterocycles. The van der Waals surface area contributed by atoms with Crippen molar-refractivity contribution in [2.75, 3.05) is 0 Å². The van der Waals surface area contributed by atoms with E-state index >= 15 is 0 Å². The van der Waals surface area contributed by atoms with Crippen molar-refractivity contribution in [3.05, 3.63) is 29.8 Å². The van der Waals surface area contributed by atoms with Gasteiger partial charge in [0.25, 0.3) is 0 Å². The normalized spacial score (nSPS) is 12.1. The lowest BCUT2D eigenvalue weighted by atomic mass is 10.2. The molecule has 4 heteroatoms. The number of carbonyl (C=O) groups is 2. The molecule has 86 valence electrons. The number of carbonyl (C=O) groups excluding carboxylic acids is 1. The third-order valence-electron chi connectivity index (χ3n) is 2.12. The topological polar surface area (TPSA) is 54.4 Å². The first-order valence-electron chi connectivity index (χ1n) is 5.12. The number of carboxylic acid groups (broad SMARTS) is 1. The van der Waals surface area contributed by atoms with E-state index in [4.69, 9.17) is 5.11 Å². The predicted octanol–water partition coefficient (Wildman–Crippen LogP) is 2.84. The lowest BCUT2D eigenvalue weighted by Crippen LogP contribution is -2.15. The van der Waals surface area contributed by atoms with Gasteiger partial charge in [0.1, 0.15) is 11.5 Å². The summed E-state index contributed by atoms with van der Waals surface area (Å²) in [5, 5.41) is 8.58. The summed E-state index contributed by atoms with van der Waals surface area (Å²) in [6.07, 6.45) is 2.26. The summed E-state index contributed by atoms with van der Waals surface area (Å²) in [6.45, 7) is 1.96. The summed E-state index contributed by atoms with van der Waals surface area (Å²) in [5.74, 6) is -0.786. The van der Waals surface area contributed by atoms with Crippen molar-refractivity contribution in [1.29, 1.82) is 0 Å². The van der Waals surface area contributed by atoms with E-state index < -0.39 is 11.2 Å². The highest BCUT2D eigenvalue weighted by molar-refractivity contribution is 8.00. The molecule has 0 heterocycles. The molecule has 0 aliphatic carbocycles. The molecule has 0 radical (unpaired) electrons. The Hall–Kier alpha value is -1.29. The Labute approximate surface area is 98.9 Å². The summed E-state index contributed by atoms with van der Waals surface area (Å²) < 4.78 is 0. The van der Waals surface area contributed by atoms with Crippen molar-refractivity contribution in [2.24, 2.45) is 0 Å². The van der Waals surface area contributed by atoms with Gasteiger partial charge in [-0.2, -0.15) is 0 Å². The lowest BCUT2D eigenvalue weighted by Gasteiger charge is -2.10. The Balaban J connectivity index is 2.69. The number of hydrogen-bond donors (Lipinski definition) is 1. The van der Waals surface area contributed by atoms with Gasteiger partial charge in [-0.1, -0.05) is 25.5 Å². The third kappa shape index (κ3) is 3.70. The number of rotatable bonds is 6. The molecule has 1 rings (SSSR count). The molecule has 0 saturated carbocycles. The van der Waals surface area contributed by atoms with Crippen LogP contribution >= 0.6 is 11.8 Å². The maximum absolute atomic E-state index is 10.9. The number of aldehydes is 1. The Morgan fingerprint density at radius 1 is 1.44 bits per heavy atom. The first-order chi connectivity index (χ1) is 7.67. The summed E-state index contributed by atoms with van der Waals surface area (Å²) >= 11 is 1.33. The number of thioether (sulfide) groups is 1. The van der Waals surface area contributed by atoms with Gasteiger partial charge in [0.2, 0.25) is 0 Å². The second kappa shape index (κ2) is 6.33. The molecule has 16 heavy (non-hydrogen) atoms. The Bertz CT molecular complexity index is 359. The smallest absolute Gasteiger partial charge is 0.316 e. The van der Waals surface area contributed by atoms with Crippen LogP contribution in [0.4, 0.5) is 0 Å². The molecule has 0 spiro atoms. The van der Waals surface area contributed by atoms with Gasteiger partial charge >= 0.3 is 5.97 Å². The second-order valence-corrected chi connectivity index (χ2v) is 4.70. The summed E-state index contributed by atoms with van der Waals surface area (Å²) in [6, 6.07) is 6.94. The van der Waals surface area contributed by atoms with Crippen LogP contribution in [0.1, 0.15) is 30.1 Å². The van der Waals surface area contributed by atoms with Crippen molar-refractivity contribution in [2.45, 2.75) is 29.9 Å². The molecule has 3 nitrogen and oxygen atoms in total. The van der Waals surface area contributed by atoms with Crippen LogP contribution in [0.2, 0.25) is 0 Å². The van der Waals surface area contributed by atoms with Gasteiger partial charge in [-0.05, 0) is 18.6 Å². The Kier molecular flexibility index (Phi) is 5.05. The quantitative estimate of drug-likeness (QED) is 0.611. The van der Waals surface area contributed by atoms with Crippen LogP contribution in [0.5, 0.6) is 0 Å². The average molecular weight is 238 g/mol. The van der Waals surface area contributed by atoms with Crippen LogP contribution in [0.15, 0.2) is 29.2 Å². The highest BCUT2D eigenvalue weighted by Crippen LogP contribution is 2.26. The maximum atomic E-state index is 10.9. The molecular weight excluding hydrogens is 224 g/mol. The van der Waals surface area contributed by atoms with Gasteiger partial charge in [0.15, 0.2) is 0 Å². The fraction of sp³-hybridized carbons (Fsp3) is 0.333. The van der Waals surface area contributed by atoms with Crippen LogP contribution in [0, 0.1) is 0 Å². The monoisotopic (exact) mass is 238 g/mol. The van der Waals surface area contributed by atoms with Gasteiger partial charge in [-0.15, -0.1) is 11.8 Å². The van der Waals surface area contributed by atoms with Gasteiger partial charge in [-0.25, -0.2) is 0 Å². The van der Waals surface area contributed by atoms with Gasteiger partial charge < -0.3 is 5.11 Å². The first kappa shape index (κ1) is 12.8. The van der Waals surface area contributed by atoms with Crippen molar-refractivity contribution in [3.8, 4) is 0 Å². The van der Waals surface area contributed by atoms with Crippen LogP contribution in [-0.4, -0.2) is 22.6 Å². The van der Waals surface area contributed by atoms with Crippen LogP contribution in [0.3, 0.4) is 0 Å². The average Bonchev–Trinajstić information content (AvgIpc) is 2.29. The molecular formula is C12H14O3S. The van der Waals surface area contributed by atoms with Gasteiger partial charge in [0.05, 0.1) is 0 Å². The van der Waals surface area contributed by atoms with E-state index in [1.54, 1.807) is 24.3 Å². The molecule has 0 fully saturated rings. The molecule has 0 aliphatic rings. The third-order valence-corrected chi connectivity index (χ3v) is 3.39. The molecule has 1 aromatic carbocycles. The van der Waals surface area contributed by atoms with E-state index in [1.807, 2.05) is 6.92 Å². The van der Waals surface area contributed by atoms with E-state index in [2.05, 4.69) is 0 Å². The van der Waals surface area contributed by atoms with Crippen LogP contribution < -0.4 is 0 Å². The van der Waals surface area contributed by atoms with Crippen molar-refractivity contribution < 1.29 is 14.7 Å². The minimum Gasteiger partial charge on any atom is -0.480 e. The maximum Gasteiger partial charge on any atom is 0.316 e. The van der Waals surface area contributed by atoms with Crippen molar-refractivity contribution in [1.82, 2.24) is 0 Å². The fourth-order valence-electron chi connectivity index (χ4n) is 1.28. The standard InChI is InChI=1S/C12H14O3S/c1-2-3-11(12(14)15)16-10-6-4-9(8-13)5-7-10/h4-8,11H,2-3H2,1H3,(H,14,15).